The largest absolute Gasteiger partial charge is 0.484 e. The Morgan fingerprint density at radius 2 is 1.83 bits per heavy atom. The fourth-order valence-corrected chi connectivity index (χ4v) is 3.03. The smallest absolute Gasteiger partial charge is 0.287 e. The number of nitriles is 1. The zero-order chi connectivity index (χ0) is 21.3. The zero-order valence-corrected chi connectivity index (χ0v) is 17.2. The molecule has 3 aromatic rings. The number of carbonyl (C=O) groups excluding carboxylic acids is 1. The molecule has 30 heavy (non-hydrogen) atoms. The van der Waals surface area contributed by atoms with E-state index in [0.717, 1.165) is 6.42 Å². The van der Waals surface area contributed by atoms with E-state index in [2.05, 4.69) is 28.4 Å². The van der Waals surface area contributed by atoms with Crippen LogP contribution in [0.25, 0.3) is 0 Å². The van der Waals surface area contributed by atoms with Crippen LogP contribution >= 0.6 is 0 Å². The summed E-state index contributed by atoms with van der Waals surface area (Å²) in [5, 5.41) is 12.1. The number of likely N-dealkylation sites (N-methyl/N-ethyl adjacent to an activating group) is 1. The summed E-state index contributed by atoms with van der Waals surface area (Å²) in [5.41, 5.74) is 1.68. The predicted octanol–water partition coefficient (Wildman–Crippen LogP) is 3.63. The van der Waals surface area contributed by atoms with Crippen molar-refractivity contribution in [3.63, 3.8) is 0 Å². The Morgan fingerprint density at radius 3 is 2.57 bits per heavy atom. The van der Waals surface area contributed by atoms with Crippen molar-refractivity contribution in [3.05, 3.63) is 89.4 Å². The molecule has 3 rings (SSSR count). The number of para-hydroxylation sites is 1. The standard InChI is InChI=1S/C24H25N3O3/c1-27(2)20(14-18-8-4-3-5-9-18)16-26-24(28)23-13-12-21(30-23)17-29-22-11-7-6-10-19(22)15-25/h3-13,20H,14,16-17H2,1-2H3,(H,26,28). The maximum Gasteiger partial charge on any atom is 0.287 e. The number of hydrogen-bond acceptors (Lipinski definition) is 5. The van der Waals surface area contributed by atoms with E-state index in [4.69, 9.17) is 14.4 Å². The highest BCUT2D eigenvalue weighted by atomic mass is 16.5. The van der Waals surface area contributed by atoms with E-state index in [9.17, 15) is 4.79 Å². The minimum atomic E-state index is -0.265. The van der Waals surface area contributed by atoms with Crippen LogP contribution in [0.1, 0.15) is 27.4 Å². The van der Waals surface area contributed by atoms with Gasteiger partial charge >= 0.3 is 0 Å². The van der Waals surface area contributed by atoms with Gasteiger partial charge in [-0.15, -0.1) is 0 Å². The highest BCUT2D eigenvalue weighted by molar-refractivity contribution is 5.91. The zero-order valence-electron chi connectivity index (χ0n) is 17.2. The number of furan rings is 1. The first-order valence-corrected chi connectivity index (χ1v) is 9.76. The number of carbonyl (C=O) groups is 1. The Labute approximate surface area is 176 Å². The molecule has 1 unspecified atom stereocenters. The van der Waals surface area contributed by atoms with E-state index in [1.807, 2.05) is 32.3 Å². The van der Waals surface area contributed by atoms with Crippen molar-refractivity contribution in [1.29, 1.82) is 5.26 Å². The summed E-state index contributed by atoms with van der Waals surface area (Å²) in [6, 6.07) is 22.8. The van der Waals surface area contributed by atoms with Crippen LogP contribution in [0.15, 0.2) is 71.1 Å². The lowest BCUT2D eigenvalue weighted by Gasteiger charge is -2.24. The van der Waals surface area contributed by atoms with Crippen LogP contribution in [0.5, 0.6) is 5.75 Å². The molecule has 2 aromatic carbocycles. The van der Waals surface area contributed by atoms with Crippen LogP contribution in [0.2, 0.25) is 0 Å². The topological polar surface area (TPSA) is 78.5 Å². The molecule has 1 aromatic heterocycles. The third-order valence-corrected chi connectivity index (χ3v) is 4.81. The highest BCUT2D eigenvalue weighted by Crippen LogP contribution is 2.19. The van der Waals surface area contributed by atoms with Crippen molar-refractivity contribution in [2.75, 3.05) is 20.6 Å². The maximum atomic E-state index is 12.5. The van der Waals surface area contributed by atoms with Gasteiger partial charge < -0.3 is 19.4 Å². The number of nitrogens with one attached hydrogen (secondary N) is 1. The van der Waals surface area contributed by atoms with Gasteiger partial charge in [-0.05, 0) is 50.3 Å². The molecule has 0 aliphatic rings. The van der Waals surface area contributed by atoms with E-state index in [0.29, 0.717) is 23.6 Å². The molecule has 154 valence electrons. The lowest BCUT2D eigenvalue weighted by atomic mass is 10.1. The number of rotatable bonds is 9. The summed E-state index contributed by atoms with van der Waals surface area (Å²) in [6.45, 7) is 0.642. The molecule has 0 fully saturated rings. The highest BCUT2D eigenvalue weighted by Gasteiger charge is 2.17. The first-order valence-electron chi connectivity index (χ1n) is 9.76. The number of benzene rings is 2. The summed E-state index contributed by atoms with van der Waals surface area (Å²) in [6.07, 6.45) is 0.837. The van der Waals surface area contributed by atoms with Crippen LogP contribution in [-0.2, 0) is 13.0 Å². The SMILES string of the molecule is CN(C)C(CNC(=O)c1ccc(COc2ccccc2C#N)o1)Cc1ccccc1. The molecule has 6 heteroatoms. The van der Waals surface area contributed by atoms with Gasteiger partial charge in [0, 0.05) is 12.6 Å². The molecule has 0 radical (unpaired) electrons. The molecule has 1 atom stereocenters. The van der Waals surface area contributed by atoms with Crippen LogP contribution in [-0.4, -0.2) is 37.5 Å². The first kappa shape index (κ1) is 21.2. The van der Waals surface area contributed by atoms with Crippen molar-refractivity contribution in [2.24, 2.45) is 0 Å². The predicted molar refractivity (Wildman–Crippen MR) is 114 cm³/mol. The van der Waals surface area contributed by atoms with E-state index < -0.39 is 0 Å². The Bertz CT molecular complexity index is 1010. The number of nitrogens with zero attached hydrogens (tertiary/aromatic N) is 2. The molecule has 0 saturated heterocycles. The number of amides is 1. The third kappa shape index (κ3) is 5.72. The molecule has 1 amide bonds. The molecular weight excluding hydrogens is 378 g/mol. The van der Waals surface area contributed by atoms with E-state index >= 15 is 0 Å². The van der Waals surface area contributed by atoms with Gasteiger partial charge in [0.05, 0.1) is 5.56 Å². The Kier molecular flexibility index (Phi) is 7.25. The lowest BCUT2D eigenvalue weighted by Crippen LogP contribution is -2.41. The minimum Gasteiger partial charge on any atom is -0.484 e. The van der Waals surface area contributed by atoms with Crippen molar-refractivity contribution >= 4 is 5.91 Å². The summed E-state index contributed by atoms with van der Waals surface area (Å²) in [4.78, 5) is 14.6. The molecular formula is C24H25N3O3. The molecule has 0 aliphatic carbocycles. The molecule has 1 N–H and O–H groups in total. The van der Waals surface area contributed by atoms with Crippen LogP contribution < -0.4 is 10.1 Å². The van der Waals surface area contributed by atoms with Crippen molar-refractivity contribution in [1.82, 2.24) is 10.2 Å². The number of hydrogen-bond donors (Lipinski definition) is 1. The van der Waals surface area contributed by atoms with Crippen LogP contribution in [0, 0.1) is 11.3 Å². The summed E-state index contributed by atoms with van der Waals surface area (Å²) in [7, 11) is 4.00. The second kappa shape index (κ2) is 10.3. The molecule has 6 nitrogen and oxygen atoms in total. The summed E-state index contributed by atoms with van der Waals surface area (Å²) < 4.78 is 11.3. The van der Waals surface area contributed by atoms with Gasteiger partial charge in [-0.25, -0.2) is 0 Å². The van der Waals surface area contributed by atoms with Gasteiger partial charge in [0.15, 0.2) is 5.76 Å². The Balaban J connectivity index is 1.54. The quantitative estimate of drug-likeness (QED) is 0.590. The van der Waals surface area contributed by atoms with E-state index in [1.54, 1.807) is 36.4 Å². The van der Waals surface area contributed by atoms with Gasteiger partial charge in [0.25, 0.3) is 5.91 Å². The number of ether oxygens (including phenoxy) is 1. The first-order chi connectivity index (χ1) is 14.6. The second-order valence-electron chi connectivity index (χ2n) is 7.18. The minimum absolute atomic E-state index is 0.139. The average molecular weight is 403 g/mol. The Hall–Kier alpha value is -3.56. The van der Waals surface area contributed by atoms with Crippen molar-refractivity contribution in [2.45, 2.75) is 19.1 Å². The second-order valence-corrected chi connectivity index (χ2v) is 7.18. The van der Waals surface area contributed by atoms with Crippen LogP contribution in [0.3, 0.4) is 0 Å². The van der Waals surface area contributed by atoms with Gasteiger partial charge in [-0.1, -0.05) is 42.5 Å². The van der Waals surface area contributed by atoms with Gasteiger partial charge in [-0.2, -0.15) is 5.26 Å². The molecule has 0 bridgehead atoms. The fraction of sp³-hybridized carbons (Fsp3) is 0.250. The fourth-order valence-electron chi connectivity index (χ4n) is 3.03. The molecule has 0 spiro atoms. The monoisotopic (exact) mass is 403 g/mol. The summed E-state index contributed by atoms with van der Waals surface area (Å²) >= 11 is 0. The molecule has 0 aliphatic heterocycles. The van der Waals surface area contributed by atoms with E-state index in [1.165, 1.54) is 5.56 Å². The van der Waals surface area contributed by atoms with Crippen LogP contribution in [0.4, 0.5) is 0 Å². The van der Waals surface area contributed by atoms with Gasteiger partial charge in [0.2, 0.25) is 0 Å². The molecule has 0 saturated carbocycles. The third-order valence-electron chi connectivity index (χ3n) is 4.81. The van der Waals surface area contributed by atoms with E-state index in [-0.39, 0.29) is 24.3 Å². The average Bonchev–Trinajstić information content (AvgIpc) is 3.25. The summed E-state index contributed by atoms with van der Waals surface area (Å²) in [5.74, 6) is 0.969. The lowest BCUT2D eigenvalue weighted by molar-refractivity contribution is 0.0910. The van der Waals surface area contributed by atoms with Gasteiger partial charge in [-0.3, -0.25) is 4.79 Å². The van der Waals surface area contributed by atoms with Gasteiger partial charge in [0.1, 0.15) is 24.2 Å². The van der Waals surface area contributed by atoms with Crippen molar-refractivity contribution < 1.29 is 13.9 Å². The normalized spacial score (nSPS) is 11.7. The van der Waals surface area contributed by atoms with Crippen molar-refractivity contribution in [3.8, 4) is 11.8 Å². The maximum absolute atomic E-state index is 12.5. The Morgan fingerprint density at radius 1 is 1.10 bits per heavy atom. The molecule has 1 heterocycles.